The third-order valence-electron chi connectivity index (χ3n) is 5.64. The van der Waals surface area contributed by atoms with Crippen LogP contribution in [0.1, 0.15) is 30.4 Å². The monoisotopic (exact) mass is 375 g/mol. The van der Waals surface area contributed by atoms with Crippen molar-refractivity contribution in [2.24, 2.45) is 5.92 Å². The van der Waals surface area contributed by atoms with Gasteiger partial charge in [0, 0.05) is 13.1 Å². The summed E-state index contributed by atoms with van der Waals surface area (Å²) in [6, 6.07) is 15.3. The molecule has 0 spiro atoms. The van der Waals surface area contributed by atoms with Crippen molar-refractivity contribution in [1.29, 1.82) is 0 Å². The molecule has 2 nitrogen and oxygen atoms in total. The van der Waals surface area contributed by atoms with Gasteiger partial charge >= 0.3 is 0 Å². The Morgan fingerprint density at radius 3 is 2.15 bits per heavy atom. The van der Waals surface area contributed by atoms with Crippen LogP contribution in [0.2, 0.25) is 0 Å². The summed E-state index contributed by atoms with van der Waals surface area (Å²) in [4.78, 5) is 2.58. The molecule has 0 atom stereocenters. The summed E-state index contributed by atoms with van der Waals surface area (Å²) in [5.41, 5.74) is 3.11. The second kappa shape index (κ2) is 8.88. The van der Waals surface area contributed by atoms with E-state index in [0.29, 0.717) is 0 Å². The number of piperidine rings is 1. The maximum absolute atomic E-state index is 13.0. The van der Waals surface area contributed by atoms with Gasteiger partial charge in [-0.3, -0.25) is 0 Å². The van der Waals surface area contributed by atoms with Crippen molar-refractivity contribution in [2.75, 3.05) is 19.6 Å². The van der Waals surface area contributed by atoms with Gasteiger partial charge in [-0.1, -0.05) is 24.3 Å². The fourth-order valence-electron chi connectivity index (χ4n) is 4.18. The SMILES string of the molecule is Cl.Fc1ccc(OC2CCN(CCC3Cc4ccccc4C3)CC2)cc1. The van der Waals surface area contributed by atoms with Gasteiger partial charge in [0.25, 0.3) is 0 Å². The smallest absolute Gasteiger partial charge is 0.123 e. The fourth-order valence-corrected chi connectivity index (χ4v) is 4.18. The third kappa shape index (κ3) is 4.77. The zero-order chi connectivity index (χ0) is 17.1. The number of fused-ring (bicyclic) bond motifs is 1. The first-order valence-corrected chi connectivity index (χ1v) is 9.47. The lowest BCUT2D eigenvalue weighted by Crippen LogP contribution is -2.39. The van der Waals surface area contributed by atoms with Gasteiger partial charge in [-0.05, 0) is 80.0 Å². The molecule has 1 aliphatic heterocycles. The average Bonchev–Trinajstić information content (AvgIpc) is 3.06. The molecule has 140 valence electrons. The molecule has 2 aromatic carbocycles. The van der Waals surface area contributed by atoms with Crippen molar-refractivity contribution in [3.8, 4) is 5.75 Å². The van der Waals surface area contributed by atoms with Crippen molar-refractivity contribution < 1.29 is 9.13 Å². The average molecular weight is 376 g/mol. The zero-order valence-corrected chi connectivity index (χ0v) is 15.9. The molecule has 0 unspecified atom stereocenters. The van der Waals surface area contributed by atoms with Crippen LogP contribution in [0.15, 0.2) is 48.5 Å². The third-order valence-corrected chi connectivity index (χ3v) is 5.64. The number of hydrogen-bond donors (Lipinski definition) is 0. The number of rotatable bonds is 5. The topological polar surface area (TPSA) is 12.5 Å². The number of nitrogens with zero attached hydrogens (tertiary/aromatic N) is 1. The Hall–Kier alpha value is -1.58. The zero-order valence-electron chi connectivity index (χ0n) is 15.1. The Balaban J connectivity index is 0.00000196. The summed E-state index contributed by atoms with van der Waals surface area (Å²) >= 11 is 0. The van der Waals surface area contributed by atoms with E-state index in [1.165, 1.54) is 37.9 Å². The molecule has 1 heterocycles. The summed E-state index contributed by atoms with van der Waals surface area (Å²) in [6.45, 7) is 3.40. The molecule has 0 saturated carbocycles. The highest BCUT2D eigenvalue weighted by Crippen LogP contribution is 2.29. The van der Waals surface area contributed by atoms with E-state index in [-0.39, 0.29) is 24.3 Å². The predicted octanol–water partition coefficient (Wildman–Crippen LogP) is 4.90. The number of halogens is 2. The van der Waals surface area contributed by atoms with E-state index in [9.17, 15) is 4.39 Å². The van der Waals surface area contributed by atoms with Crippen molar-refractivity contribution >= 4 is 12.4 Å². The van der Waals surface area contributed by atoms with E-state index in [4.69, 9.17) is 4.74 Å². The van der Waals surface area contributed by atoms with Crippen LogP contribution >= 0.6 is 12.4 Å². The molecule has 0 amide bonds. The molecule has 0 N–H and O–H groups in total. The molecule has 2 aliphatic rings. The predicted molar refractivity (Wildman–Crippen MR) is 106 cm³/mol. The largest absolute Gasteiger partial charge is 0.490 e. The van der Waals surface area contributed by atoms with Gasteiger partial charge in [0.1, 0.15) is 17.7 Å². The van der Waals surface area contributed by atoms with Crippen molar-refractivity contribution in [2.45, 2.75) is 38.2 Å². The maximum Gasteiger partial charge on any atom is 0.123 e. The summed E-state index contributed by atoms with van der Waals surface area (Å²) in [6.07, 6.45) is 6.17. The number of hydrogen-bond acceptors (Lipinski definition) is 2. The quantitative estimate of drug-likeness (QED) is 0.737. The summed E-state index contributed by atoms with van der Waals surface area (Å²) in [5, 5.41) is 0. The van der Waals surface area contributed by atoms with Gasteiger partial charge in [0.15, 0.2) is 0 Å². The molecule has 0 bridgehead atoms. The first-order chi connectivity index (χ1) is 12.3. The highest BCUT2D eigenvalue weighted by molar-refractivity contribution is 5.85. The highest BCUT2D eigenvalue weighted by Gasteiger charge is 2.24. The molecular formula is C22H27ClFNO. The molecule has 0 radical (unpaired) electrons. The highest BCUT2D eigenvalue weighted by atomic mass is 35.5. The second-order valence-corrected chi connectivity index (χ2v) is 7.44. The molecule has 1 saturated heterocycles. The van der Waals surface area contributed by atoms with Crippen LogP contribution in [0.3, 0.4) is 0 Å². The molecule has 1 fully saturated rings. The van der Waals surface area contributed by atoms with Crippen LogP contribution in [0.5, 0.6) is 5.75 Å². The molecule has 2 aromatic rings. The number of ether oxygens (including phenoxy) is 1. The lowest BCUT2D eigenvalue weighted by atomic mass is 10.0. The first kappa shape index (κ1) is 19.2. The Labute approximate surface area is 161 Å². The summed E-state index contributed by atoms with van der Waals surface area (Å²) < 4.78 is 18.9. The van der Waals surface area contributed by atoms with E-state index in [1.807, 2.05) is 0 Å². The van der Waals surface area contributed by atoms with Crippen molar-refractivity contribution in [1.82, 2.24) is 4.90 Å². The molecule has 0 aromatic heterocycles. The van der Waals surface area contributed by atoms with Crippen molar-refractivity contribution in [3.63, 3.8) is 0 Å². The van der Waals surface area contributed by atoms with E-state index in [1.54, 1.807) is 23.3 Å². The normalized spacial score (nSPS) is 18.3. The molecule has 4 rings (SSSR count). The van der Waals surface area contributed by atoms with E-state index in [0.717, 1.165) is 37.6 Å². The minimum absolute atomic E-state index is 0. The van der Waals surface area contributed by atoms with E-state index in [2.05, 4.69) is 29.2 Å². The Morgan fingerprint density at radius 2 is 1.54 bits per heavy atom. The lowest BCUT2D eigenvalue weighted by molar-refractivity contribution is 0.0972. The first-order valence-electron chi connectivity index (χ1n) is 9.47. The van der Waals surface area contributed by atoms with Crippen LogP contribution in [-0.4, -0.2) is 30.6 Å². The lowest BCUT2D eigenvalue weighted by Gasteiger charge is -2.32. The van der Waals surface area contributed by atoms with Crippen LogP contribution in [0.4, 0.5) is 4.39 Å². The Kier molecular flexibility index (Phi) is 6.55. The fraction of sp³-hybridized carbons (Fsp3) is 0.455. The van der Waals surface area contributed by atoms with Crippen LogP contribution in [-0.2, 0) is 12.8 Å². The van der Waals surface area contributed by atoms with Crippen LogP contribution in [0, 0.1) is 11.7 Å². The number of benzene rings is 2. The van der Waals surface area contributed by atoms with Gasteiger partial charge in [-0.15, -0.1) is 12.4 Å². The number of likely N-dealkylation sites (tertiary alicyclic amines) is 1. The molecule has 1 aliphatic carbocycles. The van der Waals surface area contributed by atoms with E-state index < -0.39 is 0 Å². The minimum atomic E-state index is -0.212. The molecule has 26 heavy (non-hydrogen) atoms. The second-order valence-electron chi connectivity index (χ2n) is 7.44. The Bertz CT molecular complexity index is 673. The molecular weight excluding hydrogens is 349 g/mol. The van der Waals surface area contributed by atoms with Gasteiger partial charge in [0.05, 0.1) is 0 Å². The minimum Gasteiger partial charge on any atom is -0.490 e. The van der Waals surface area contributed by atoms with Crippen LogP contribution in [0.25, 0.3) is 0 Å². The summed E-state index contributed by atoms with van der Waals surface area (Å²) in [5.74, 6) is 1.38. The van der Waals surface area contributed by atoms with Gasteiger partial charge < -0.3 is 9.64 Å². The summed E-state index contributed by atoms with van der Waals surface area (Å²) in [7, 11) is 0. The van der Waals surface area contributed by atoms with Gasteiger partial charge in [0.2, 0.25) is 0 Å². The van der Waals surface area contributed by atoms with Crippen LogP contribution < -0.4 is 4.74 Å². The van der Waals surface area contributed by atoms with Crippen molar-refractivity contribution in [3.05, 3.63) is 65.5 Å². The Morgan fingerprint density at radius 1 is 0.923 bits per heavy atom. The maximum atomic E-state index is 13.0. The van der Waals surface area contributed by atoms with Gasteiger partial charge in [-0.25, -0.2) is 4.39 Å². The van der Waals surface area contributed by atoms with Gasteiger partial charge in [-0.2, -0.15) is 0 Å². The molecule has 4 heteroatoms. The standard InChI is InChI=1S/C22H26FNO.ClH/c23-20-5-7-21(8-6-20)25-22-10-13-24(14-11-22)12-9-17-15-18-3-1-2-4-19(18)16-17;/h1-8,17,22H,9-16H2;1H. The van der Waals surface area contributed by atoms with E-state index >= 15 is 0 Å².